The maximum atomic E-state index is 14.0. The third-order valence-corrected chi connectivity index (χ3v) is 4.28. The van der Waals surface area contributed by atoms with Crippen molar-refractivity contribution in [3.05, 3.63) is 47.0 Å². The third-order valence-electron chi connectivity index (χ3n) is 3.93. The molecule has 0 fully saturated rings. The Labute approximate surface area is 154 Å². The van der Waals surface area contributed by atoms with Crippen LogP contribution >= 0.6 is 11.6 Å². The monoisotopic (exact) mass is 377 g/mol. The van der Waals surface area contributed by atoms with Crippen molar-refractivity contribution < 1.29 is 18.6 Å². The Bertz CT molecular complexity index is 932. The topological polar surface area (TPSA) is 65.5 Å². The number of hydrogen-bond acceptors (Lipinski definition) is 6. The van der Waals surface area contributed by atoms with Crippen LogP contribution in [-0.2, 0) is 6.54 Å². The predicted octanol–water partition coefficient (Wildman–Crippen LogP) is 4.06. The summed E-state index contributed by atoms with van der Waals surface area (Å²) in [4.78, 5) is 8.52. The van der Waals surface area contributed by atoms with E-state index in [0.29, 0.717) is 44.6 Å². The molecule has 0 bridgehead atoms. The quantitative estimate of drug-likeness (QED) is 0.698. The first kappa shape index (κ1) is 18.0. The number of aromatic nitrogens is 2. The molecule has 136 valence electrons. The van der Waals surface area contributed by atoms with Gasteiger partial charge in [0, 0.05) is 17.1 Å². The van der Waals surface area contributed by atoms with Gasteiger partial charge >= 0.3 is 0 Å². The molecule has 3 rings (SSSR count). The highest BCUT2D eigenvalue weighted by molar-refractivity contribution is 6.31. The number of nitrogens with one attached hydrogen (secondary N) is 1. The first-order chi connectivity index (χ1) is 12.6. The first-order valence-corrected chi connectivity index (χ1v) is 8.09. The molecule has 0 radical (unpaired) electrons. The minimum Gasteiger partial charge on any atom is -0.493 e. The van der Waals surface area contributed by atoms with Gasteiger partial charge in [0.05, 0.1) is 26.7 Å². The van der Waals surface area contributed by atoms with Gasteiger partial charge in [0.15, 0.2) is 11.5 Å². The molecule has 0 amide bonds. The Balaban J connectivity index is 2.07. The van der Waals surface area contributed by atoms with E-state index in [9.17, 15) is 4.39 Å². The van der Waals surface area contributed by atoms with Gasteiger partial charge in [-0.05, 0) is 18.2 Å². The number of hydrogen-bond donors (Lipinski definition) is 1. The van der Waals surface area contributed by atoms with Crippen LogP contribution in [-0.4, -0.2) is 31.3 Å². The smallest absolute Gasteiger partial charge is 0.205 e. The largest absolute Gasteiger partial charge is 0.493 e. The van der Waals surface area contributed by atoms with Crippen molar-refractivity contribution >= 4 is 28.3 Å². The zero-order valence-corrected chi connectivity index (χ0v) is 15.2. The lowest BCUT2D eigenvalue weighted by Crippen LogP contribution is -2.06. The van der Waals surface area contributed by atoms with Crippen LogP contribution in [0.1, 0.15) is 5.56 Å². The zero-order chi connectivity index (χ0) is 18.7. The van der Waals surface area contributed by atoms with Gasteiger partial charge in [-0.2, -0.15) is 0 Å². The standard InChI is InChI=1S/C18H17ClFN3O3/c1-24-14-7-10-15(17(26-3)16(14)25-2)22-9-23-18(10)21-8-11-12(19)5-4-6-13(11)20/h4-7,9H,8H2,1-3H3,(H,21,22,23). The van der Waals surface area contributed by atoms with Crippen molar-refractivity contribution in [2.75, 3.05) is 26.6 Å². The number of ether oxygens (including phenoxy) is 3. The SMILES string of the molecule is COc1cc2c(NCc3c(F)cccc3Cl)ncnc2c(OC)c1OC. The summed E-state index contributed by atoms with van der Waals surface area (Å²) in [7, 11) is 4.57. The molecule has 0 atom stereocenters. The van der Waals surface area contributed by atoms with E-state index in [-0.39, 0.29) is 12.4 Å². The van der Waals surface area contributed by atoms with Crippen molar-refractivity contribution in [3.63, 3.8) is 0 Å². The van der Waals surface area contributed by atoms with Crippen LogP contribution in [0.15, 0.2) is 30.6 Å². The number of benzene rings is 2. The molecule has 8 heteroatoms. The number of anilines is 1. The summed E-state index contributed by atoms with van der Waals surface area (Å²) < 4.78 is 30.2. The van der Waals surface area contributed by atoms with Crippen LogP contribution in [0.2, 0.25) is 5.02 Å². The average molecular weight is 378 g/mol. The third kappa shape index (κ3) is 3.17. The first-order valence-electron chi connectivity index (χ1n) is 7.71. The van der Waals surface area contributed by atoms with Crippen LogP contribution < -0.4 is 19.5 Å². The second-order valence-electron chi connectivity index (χ2n) is 5.32. The maximum Gasteiger partial charge on any atom is 0.205 e. The fraction of sp³-hybridized carbons (Fsp3) is 0.222. The Morgan fingerprint density at radius 1 is 1.08 bits per heavy atom. The van der Waals surface area contributed by atoms with Gasteiger partial charge in [-0.15, -0.1) is 0 Å². The summed E-state index contributed by atoms with van der Waals surface area (Å²) in [6.07, 6.45) is 1.39. The second-order valence-corrected chi connectivity index (χ2v) is 5.72. The van der Waals surface area contributed by atoms with Gasteiger partial charge in [-0.3, -0.25) is 0 Å². The van der Waals surface area contributed by atoms with E-state index in [1.54, 1.807) is 18.2 Å². The zero-order valence-electron chi connectivity index (χ0n) is 14.5. The van der Waals surface area contributed by atoms with Gasteiger partial charge < -0.3 is 19.5 Å². The van der Waals surface area contributed by atoms with Crippen molar-refractivity contribution in [3.8, 4) is 17.2 Å². The number of fused-ring (bicyclic) bond motifs is 1. The summed E-state index contributed by atoms with van der Waals surface area (Å²) in [5.74, 6) is 1.44. The average Bonchev–Trinajstić information content (AvgIpc) is 2.65. The Kier molecular flexibility index (Phi) is 5.27. The fourth-order valence-electron chi connectivity index (χ4n) is 2.68. The van der Waals surface area contributed by atoms with E-state index in [2.05, 4.69) is 15.3 Å². The predicted molar refractivity (Wildman–Crippen MR) is 97.9 cm³/mol. The molecule has 2 aromatic carbocycles. The molecule has 3 aromatic rings. The Morgan fingerprint density at radius 3 is 2.50 bits per heavy atom. The van der Waals surface area contributed by atoms with E-state index >= 15 is 0 Å². The van der Waals surface area contributed by atoms with Gasteiger partial charge in [0.1, 0.15) is 23.5 Å². The lowest BCUT2D eigenvalue weighted by molar-refractivity contribution is 0.327. The second kappa shape index (κ2) is 7.61. The van der Waals surface area contributed by atoms with E-state index in [4.69, 9.17) is 25.8 Å². The molecule has 1 aromatic heterocycles. The summed E-state index contributed by atoms with van der Waals surface area (Å²) in [5.41, 5.74) is 0.899. The van der Waals surface area contributed by atoms with Crippen LogP contribution in [0.5, 0.6) is 17.2 Å². The highest BCUT2D eigenvalue weighted by Gasteiger charge is 2.19. The summed E-state index contributed by atoms with van der Waals surface area (Å²) in [5, 5.41) is 4.09. The molecule has 6 nitrogen and oxygen atoms in total. The van der Waals surface area contributed by atoms with Crippen molar-refractivity contribution in [2.45, 2.75) is 6.54 Å². The lowest BCUT2D eigenvalue weighted by Gasteiger charge is -2.16. The Morgan fingerprint density at radius 2 is 1.85 bits per heavy atom. The molecular weight excluding hydrogens is 361 g/mol. The number of nitrogens with zero attached hydrogens (tertiary/aromatic N) is 2. The molecule has 0 spiro atoms. The lowest BCUT2D eigenvalue weighted by atomic mass is 10.1. The van der Waals surface area contributed by atoms with Crippen LogP contribution in [0.25, 0.3) is 10.9 Å². The van der Waals surface area contributed by atoms with Gasteiger partial charge in [-0.25, -0.2) is 14.4 Å². The molecule has 1 N–H and O–H groups in total. The normalized spacial score (nSPS) is 10.7. The molecular formula is C18H17ClFN3O3. The summed E-state index contributed by atoms with van der Waals surface area (Å²) >= 11 is 6.08. The molecule has 0 aliphatic rings. The Hall–Kier alpha value is -2.80. The minimum atomic E-state index is -0.389. The number of methoxy groups -OCH3 is 3. The van der Waals surface area contributed by atoms with Gasteiger partial charge in [0.2, 0.25) is 5.75 Å². The fourth-order valence-corrected chi connectivity index (χ4v) is 2.91. The van der Waals surface area contributed by atoms with E-state index in [0.717, 1.165) is 0 Å². The van der Waals surface area contributed by atoms with E-state index < -0.39 is 0 Å². The summed E-state index contributed by atoms with van der Waals surface area (Å²) in [6, 6.07) is 6.29. The van der Waals surface area contributed by atoms with Gasteiger partial charge in [0.25, 0.3) is 0 Å². The number of rotatable bonds is 6. The van der Waals surface area contributed by atoms with E-state index in [1.807, 2.05) is 0 Å². The molecule has 0 aliphatic heterocycles. The molecule has 26 heavy (non-hydrogen) atoms. The molecule has 0 saturated heterocycles. The van der Waals surface area contributed by atoms with Crippen molar-refractivity contribution in [2.24, 2.45) is 0 Å². The summed E-state index contributed by atoms with van der Waals surface area (Å²) in [6.45, 7) is 0.161. The maximum absolute atomic E-state index is 14.0. The van der Waals surface area contributed by atoms with Crippen LogP contribution in [0.4, 0.5) is 10.2 Å². The molecule has 1 heterocycles. The highest BCUT2D eigenvalue weighted by atomic mass is 35.5. The highest BCUT2D eigenvalue weighted by Crippen LogP contribution is 2.43. The van der Waals surface area contributed by atoms with Crippen LogP contribution in [0.3, 0.4) is 0 Å². The van der Waals surface area contributed by atoms with Crippen molar-refractivity contribution in [1.82, 2.24) is 9.97 Å². The van der Waals surface area contributed by atoms with Crippen molar-refractivity contribution in [1.29, 1.82) is 0 Å². The molecule has 0 saturated carbocycles. The molecule has 0 aliphatic carbocycles. The van der Waals surface area contributed by atoms with E-state index in [1.165, 1.54) is 33.7 Å². The van der Waals surface area contributed by atoms with Crippen LogP contribution in [0, 0.1) is 5.82 Å². The van der Waals surface area contributed by atoms with Gasteiger partial charge in [-0.1, -0.05) is 17.7 Å². The number of halogens is 2. The molecule has 0 unspecified atom stereocenters. The minimum absolute atomic E-state index is 0.161.